The second-order valence-corrected chi connectivity index (χ2v) is 5.28. The van der Waals surface area contributed by atoms with Crippen molar-refractivity contribution in [3.05, 3.63) is 65.2 Å². The summed E-state index contributed by atoms with van der Waals surface area (Å²) in [5, 5.41) is 0. The van der Waals surface area contributed by atoms with E-state index in [9.17, 15) is 9.59 Å². The van der Waals surface area contributed by atoms with Gasteiger partial charge in [-0.05, 0) is 43.2 Å². The van der Waals surface area contributed by atoms with Crippen LogP contribution in [0.25, 0.3) is 0 Å². The van der Waals surface area contributed by atoms with Gasteiger partial charge in [0, 0.05) is 11.8 Å². The van der Waals surface area contributed by atoms with E-state index in [1.54, 1.807) is 24.3 Å². The molecule has 4 heteroatoms. The van der Waals surface area contributed by atoms with Crippen LogP contribution >= 0.6 is 0 Å². The van der Waals surface area contributed by atoms with Crippen LogP contribution in [-0.2, 0) is 9.53 Å². The molecule has 2 aromatic carbocycles. The first-order chi connectivity index (χ1) is 11.0. The van der Waals surface area contributed by atoms with Crippen LogP contribution < -0.4 is 0 Å². The molecule has 0 bridgehead atoms. The number of ether oxygens (including phenoxy) is 1. The standard InChI is InChI=1S/C19H19NO3/c1-13-9-10-15(11-14(13)2)18(21)17(19(22)23-3)12-20-16-7-5-4-6-8-16/h4-12,17H,1-3H3. The number of hydrogen-bond acceptors (Lipinski definition) is 4. The van der Waals surface area contributed by atoms with Crippen molar-refractivity contribution in [2.45, 2.75) is 13.8 Å². The van der Waals surface area contributed by atoms with Crippen molar-refractivity contribution in [1.82, 2.24) is 0 Å². The van der Waals surface area contributed by atoms with Crippen LogP contribution in [0.4, 0.5) is 5.69 Å². The predicted molar refractivity (Wildman–Crippen MR) is 90.3 cm³/mol. The monoisotopic (exact) mass is 309 g/mol. The third kappa shape index (κ3) is 4.13. The highest BCUT2D eigenvalue weighted by Crippen LogP contribution is 2.16. The maximum absolute atomic E-state index is 12.6. The van der Waals surface area contributed by atoms with Crippen molar-refractivity contribution in [3.63, 3.8) is 0 Å². The first-order valence-electron chi connectivity index (χ1n) is 7.31. The van der Waals surface area contributed by atoms with Gasteiger partial charge in [-0.15, -0.1) is 0 Å². The van der Waals surface area contributed by atoms with E-state index in [1.165, 1.54) is 13.3 Å². The summed E-state index contributed by atoms with van der Waals surface area (Å²) in [4.78, 5) is 28.8. The number of para-hydroxylation sites is 1. The van der Waals surface area contributed by atoms with E-state index >= 15 is 0 Å². The van der Waals surface area contributed by atoms with Gasteiger partial charge in [-0.25, -0.2) is 0 Å². The van der Waals surface area contributed by atoms with Gasteiger partial charge in [0.15, 0.2) is 11.7 Å². The van der Waals surface area contributed by atoms with E-state index in [4.69, 9.17) is 4.74 Å². The zero-order valence-corrected chi connectivity index (χ0v) is 13.4. The summed E-state index contributed by atoms with van der Waals surface area (Å²) in [7, 11) is 1.26. The molecule has 0 saturated carbocycles. The molecule has 0 N–H and O–H groups in total. The molecule has 0 aliphatic carbocycles. The number of rotatable bonds is 5. The Kier molecular flexibility index (Phi) is 5.41. The number of methoxy groups -OCH3 is 1. The molecule has 0 amide bonds. The smallest absolute Gasteiger partial charge is 0.322 e. The lowest BCUT2D eigenvalue weighted by Crippen LogP contribution is -2.27. The first-order valence-corrected chi connectivity index (χ1v) is 7.31. The van der Waals surface area contributed by atoms with Gasteiger partial charge in [-0.1, -0.05) is 30.3 Å². The van der Waals surface area contributed by atoms with E-state index in [2.05, 4.69) is 4.99 Å². The van der Waals surface area contributed by atoms with Crippen molar-refractivity contribution >= 4 is 23.7 Å². The third-order valence-electron chi connectivity index (χ3n) is 3.66. The molecule has 0 aromatic heterocycles. The largest absolute Gasteiger partial charge is 0.468 e. The van der Waals surface area contributed by atoms with Crippen molar-refractivity contribution in [2.75, 3.05) is 7.11 Å². The number of carbonyl (C=O) groups excluding carboxylic acids is 2. The van der Waals surface area contributed by atoms with Crippen LogP contribution in [0.3, 0.4) is 0 Å². The van der Waals surface area contributed by atoms with Crippen LogP contribution in [0.5, 0.6) is 0 Å². The molecule has 0 aliphatic rings. The molecule has 23 heavy (non-hydrogen) atoms. The molecule has 0 fully saturated rings. The molecule has 0 saturated heterocycles. The van der Waals surface area contributed by atoms with E-state index in [0.717, 1.165) is 11.1 Å². The van der Waals surface area contributed by atoms with Gasteiger partial charge in [-0.2, -0.15) is 0 Å². The minimum atomic E-state index is -1.05. The molecule has 0 aliphatic heterocycles. The maximum Gasteiger partial charge on any atom is 0.322 e. The zero-order chi connectivity index (χ0) is 16.8. The molecule has 0 spiro atoms. The fourth-order valence-electron chi connectivity index (χ4n) is 2.11. The quantitative estimate of drug-likeness (QED) is 0.366. The van der Waals surface area contributed by atoms with Crippen molar-refractivity contribution < 1.29 is 14.3 Å². The molecule has 1 atom stereocenters. The molecular formula is C19H19NO3. The average Bonchev–Trinajstić information content (AvgIpc) is 2.58. The molecule has 0 heterocycles. The summed E-state index contributed by atoms with van der Waals surface area (Å²) in [6.45, 7) is 3.90. The summed E-state index contributed by atoms with van der Waals surface area (Å²) in [5.74, 6) is -1.99. The molecule has 1 unspecified atom stereocenters. The first kappa shape index (κ1) is 16.6. The number of aliphatic imine (C=N–C) groups is 1. The number of esters is 1. The molecule has 0 radical (unpaired) electrons. The normalized spacial score (nSPS) is 12.1. The fraction of sp³-hybridized carbons (Fsp3) is 0.211. The van der Waals surface area contributed by atoms with E-state index in [-0.39, 0.29) is 5.78 Å². The number of benzene rings is 2. The van der Waals surface area contributed by atoms with Crippen LogP contribution in [0, 0.1) is 19.8 Å². The SMILES string of the molecule is COC(=O)C(C=Nc1ccccc1)C(=O)c1ccc(C)c(C)c1. The Bertz CT molecular complexity index is 736. The van der Waals surface area contributed by atoms with Gasteiger partial charge in [0.05, 0.1) is 12.8 Å². The highest BCUT2D eigenvalue weighted by molar-refractivity contribution is 6.18. The minimum absolute atomic E-state index is 0.320. The van der Waals surface area contributed by atoms with E-state index in [1.807, 2.05) is 38.1 Å². The Balaban J connectivity index is 2.30. The number of aryl methyl sites for hydroxylation is 2. The average molecular weight is 309 g/mol. The van der Waals surface area contributed by atoms with Crippen LogP contribution in [0.15, 0.2) is 53.5 Å². The molecule has 4 nitrogen and oxygen atoms in total. The Morgan fingerprint density at radius 1 is 1.04 bits per heavy atom. The van der Waals surface area contributed by atoms with Gasteiger partial charge in [0.25, 0.3) is 0 Å². The Hall–Kier alpha value is -2.75. The summed E-state index contributed by atoms with van der Waals surface area (Å²) in [5.41, 5.74) is 3.24. The van der Waals surface area contributed by atoms with Crippen LogP contribution in [0.1, 0.15) is 21.5 Å². The topological polar surface area (TPSA) is 55.7 Å². The Labute approximate surface area is 135 Å². The summed E-state index contributed by atoms with van der Waals surface area (Å²) in [6, 6.07) is 14.5. The van der Waals surface area contributed by atoms with Crippen LogP contribution in [-0.4, -0.2) is 25.1 Å². The van der Waals surface area contributed by atoms with E-state index < -0.39 is 11.9 Å². The number of ketones is 1. The van der Waals surface area contributed by atoms with Crippen molar-refractivity contribution in [1.29, 1.82) is 0 Å². The lowest BCUT2D eigenvalue weighted by Gasteiger charge is -2.10. The fourth-order valence-corrected chi connectivity index (χ4v) is 2.11. The van der Waals surface area contributed by atoms with Gasteiger partial charge in [0.2, 0.25) is 0 Å². The minimum Gasteiger partial charge on any atom is -0.468 e. The summed E-state index contributed by atoms with van der Waals surface area (Å²) in [6.07, 6.45) is 1.35. The molecule has 118 valence electrons. The van der Waals surface area contributed by atoms with Gasteiger partial charge in [0.1, 0.15) is 0 Å². The second-order valence-electron chi connectivity index (χ2n) is 5.28. The number of Topliss-reactive ketones (excluding diaryl/α,β-unsaturated/α-hetero) is 1. The van der Waals surface area contributed by atoms with Gasteiger partial charge >= 0.3 is 5.97 Å². The number of carbonyl (C=O) groups is 2. The third-order valence-corrected chi connectivity index (χ3v) is 3.66. The Morgan fingerprint density at radius 3 is 2.35 bits per heavy atom. The lowest BCUT2D eigenvalue weighted by molar-refractivity contribution is -0.141. The van der Waals surface area contributed by atoms with Crippen LogP contribution in [0.2, 0.25) is 0 Å². The number of hydrogen-bond donors (Lipinski definition) is 0. The summed E-state index contributed by atoms with van der Waals surface area (Å²) < 4.78 is 4.75. The van der Waals surface area contributed by atoms with E-state index in [0.29, 0.717) is 11.3 Å². The summed E-state index contributed by atoms with van der Waals surface area (Å²) >= 11 is 0. The highest BCUT2D eigenvalue weighted by Gasteiger charge is 2.27. The number of nitrogens with zero attached hydrogens (tertiary/aromatic N) is 1. The van der Waals surface area contributed by atoms with Crippen molar-refractivity contribution in [2.24, 2.45) is 10.9 Å². The molecule has 2 rings (SSSR count). The van der Waals surface area contributed by atoms with Gasteiger partial charge < -0.3 is 4.74 Å². The highest BCUT2D eigenvalue weighted by atomic mass is 16.5. The van der Waals surface area contributed by atoms with Crippen molar-refractivity contribution in [3.8, 4) is 0 Å². The Morgan fingerprint density at radius 2 is 1.74 bits per heavy atom. The second kappa shape index (κ2) is 7.49. The molecular weight excluding hydrogens is 290 g/mol. The zero-order valence-electron chi connectivity index (χ0n) is 13.4. The van der Waals surface area contributed by atoms with Gasteiger partial charge in [-0.3, -0.25) is 14.6 Å². The molecule has 2 aromatic rings. The maximum atomic E-state index is 12.6. The lowest BCUT2D eigenvalue weighted by atomic mass is 9.96. The predicted octanol–water partition coefficient (Wildman–Crippen LogP) is 3.68.